The van der Waals surface area contributed by atoms with Gasteiger partial charge in [-0.3, -0.25) is 4.68 Å². The number of hydrogen-bond donors (Lipinski definition) is 1. The van der Waals surface area contributed by atoms with Crippen LogP contribution in [-0.4, -0.2) is 29.0 Å². The van der Waals surface area contributed by atoms with Gasteiger partial charge in [0.25, 0.3) is 0 Å². The second-order valence-corrected chi connectivity index (χ2v) is 3.31. The van der Waals surface area contributed by atoms with Gasteiger partial charge in [-0.25, -0.2) is 0 Å². The lowest BCUT2D eigenvalue weighted by Gasteiger charge is -2.07. The Morgan fingerprint density at radius 2 is 2.38 bits per heavy atom. The fourth-order valence-corrected chi connectivity index (χ4v) is 0.990. The fraction of sp³-hybridized carbons (Fsp3) is 0.667. The van der Waals surface area contributed by atoms with E-state index in [2.05, 4.69) is 24.3 Å². The van der Waals surface area contributed by atoms with Gasteiger partial charge in [0.15, 0.2) is 5.75 Å². The third kappa shape index (κ3) is 3.94. The quantitative estimate of drug-likeness (QED) is 0.686. The Hall–Kier alpha value is -1.03. The third-order valence-electron chi connectivity index (χ3n) is 1.60. The van der Waals surface area contributed by atoms with Gasteiger partial charge in [-0.05, 0) is 0 Å². The number of hydrogen-bond acceptors (Lipinski definition) is 3. The number of rotatable bonds is 5. The molecule has 4 nitrogen and oxygen atoms in total. The predicted molar refractivity (Wildman–Crippen MR) is 51.8 cm³/mol. The van der Waals surface area contributed by atoms with Crippen LogP contribution in [0.3, 0.4) is 0 Å². The Labute approximate surface area is 78.9 Å². The second-order valence-electron chi connectivity index (χ2n) is 3.31. The zero-order valence-corrected chi connectivity index (χ0v) is 8.45. The van der Waals surface area contributed by atoms with E-state index in [1.54, 1.807) is 10.9 Å². The van der Waals surface area contributed by atoms with Crippen LogP contribution >= 0.6 is 0 Å². The highest BCUT2D eigenvalue weighted by molar-refractivity contribution is 5.11. The van der Waals surface area contributed by atoms with Gasteiger partial charge in [0.1, 0.15) is 6.61 Å². The van der Waals surface area contributed by atoms with Crippen molar-refractivity contribution in [3.63, 3.8) is 0 Å². The van der Waals surface area contributed by atoms with E-state index in [1.165, 1.54) is 0 Å². The molecule has 1 aromatic heterocycles. The SMILES string of the molecule is CC(C)NCCOc1cnn(C)c1. The van der Waals surface area contributed by atoms with E-state index >= 15 is 0 Å². The molecule has 0 atom stereocenters. The lowest BCUT2D eigenvalue weighted by atomic mass is 10.4. The highest BCUT2D eigenvalue weighted by Gasteiger charge is 1.96. The molecule has 1 rings (SSSR count). The summed E-state index contributed by atoms with van der Waals surface area (Å²) < 4.78 is 7.16. The largest absolute Gasteiger partial charge is 0.489 e. The van der Waals surface area contributed by atoms with E-state index in [1.807, 2.05) is 13.2 Å². The molecule has 0 unspecified atom stereocenters. The first-order chi connectivity index (χ1) is 6.18. The van der Waals surface area contributed by atoms with Gasteiger partial charge in [-0.2, -0.15) is 5.10 Å². The standard InChI is InChI=1S/C9H17N3O/c1-8(2)10-4-5-13-9-6-11-12(3)7-9/h6-8,10H,4-5H2,1-3H3. The Morgan fingerprint density at radius 1 is 1.62 bits per heavy atom. The van der Waals surface area contributed by atoms with E-state index in [0.29, 0.717) is 12.6 Å². The van der Waals surface area contributed by atoms with Gasteiger partial charge in [-0.1, -0.05) is 13.8 Å². The van der Waals surface area contributed by atoms with Gasteiger partial charge in [0, 0.05) is 19.6 Å². The van der Waals surface area contributed by atoms with Crippen LogP contribution in [0.5, 0.6) is 5.75 Å². The van der Waals surface area contributed by atoms with Gasteiger partial charge >= 0.3 is 0 Å². The smallest absolute Gasteiger partial charge is 0.157 e. The first kappa shape index (κ1) is 10.1. The topological polar surface area (TPSA) is 39.1 Å². The number of aryl methyl sites for hydroxylation is 1. The molecule has 0 amide bonds. The van der Waals surface area contributed by atoms with Crippen LogP contribution in [0.2, 0.25) is 0 Å². The summed E-state index contributed by atoms with van der Waals surface area (Å²) in [5, 5.41) is 7.27. The normalized spacial score (nSPS) is 10.8. The van der Waals surface area contributed by atoms with Crippen LogP contribution in [0.25, 0.3) is 0 Å². The van der Waals surface area contributed by atoms with Crippen molar-refractivity contribution in [1.29, 1.82) is 0 Å². The van der Waals surface area contributed by atoms with Crippen molar-refractivity contribution in [1.82, 2.24) is 15.1 Å². The Bertz CT molecular complexity index is 245. The second kappa shape index (κ2) is 4.87. The van der Waals surface area contributed by atoms with Crippen LogP contribution in [0, 0.1) is 0 Å². The number of aromatic nitrogens is 2. The summed E-state index contributed by atoms with van der Waals surface area (Å²) in [6, 6.07) is 0.512. The van der Waals surface area contributed by atoms with Crippen molar-refractivity contribution < 1.29 is 4.74 Å². The molecule has 1 aromatic rings. The first-order valence-corrected chi connectivity index (χ1v) is 4.53. The summed E-state index contributed by atoms with van der Waals surface area (Å²) >= 11 is 0. The molecule has 0 radical (unpaired) electrons. The molecule has 0 aliphatic carbocycles. The molecule has 1 N–H and O–H groups in total. The average molecular weight is 183 g/mol. The maximum Gasteiger partial charge on any atom is 0.157 e. The minimum absolute atomic E-state index is 0.512. The Balaban J connectivity index is 2.13. The van der Waals surface area contributed by atoms with E-state index in [9.17, 15) is 0 Å². The van der Waals surface area contributed by atoms with Crippen molar-refractivity contribution in [3.05, 3.63) is 12.4 Å². The monoisotopic (exact) mass is 183 g/mol. The molecule has 0 aromatic carbocycles. The molecule has 0 aliphatic heterocycles. The molecule has 0 saturated heterocycles. The summed E-state index contributed by atoms with van der Waals surface area (Å²) in [4.78, 5) is 0. The van der Waals surface area contributed by atoms with Crippen LogP contribution in [0.4, 0.5) is 0 Å². The van der Waals surface area contributed by atoms with Crippen LogP contribution in [0.15, 0.2) is 12.4 Å². The van der Waals surface area contributed by atoms with Gasteiger partial charge in [0.2, 0.25) is 0 Å². The lowest BCUT2D eigenvalue weighted by Crippen LogP contribution is -2.27. The first-order valence-electron chi connectivity index (χ1n) is 4.53. The molecular formula is C9H17N3O. The number of nitrogens with zero attached hydrogens (tertiary/aromatic N) is 2. The minimum atomic E-state index is 0.512. The molecule has 74 valence electrons. The third-order valence-corrected chi connectivity index (χ3v) is 1.60. The number of ether oxygens (including phenoxy) is 1. The van der Waals surface area contributed by atoms with Crippen LogP contribution < -0.4 is 10.1 Å². The molecule has 0 spiro atoms. The number of nitrogens with one attached hydrogen (secondary N) is 1. The van der Waals surface area contributed by atoms with Gasteiger partial charge in [-0.15, -0.1) is 0 Å². The fourth-order valence-electron chi connectivity index (χ4n) is 0.990. The molecule has 13 heavy (non-hydrogen) atoms. The van der Waals surface area contributed by atoms with Gasteiger partial charge < -0.3 is 10.1 Å². The molecule has 1 heterocycles. The molecular weight excluding hydrogens is 166 g/mol. The van der Waals surface area contributed by atoms with Crippen molar-refractivity contribution in [3.8, 4) is 5.75 Å². The zero-order chi connectivity index (χ0) is 9.68. The van der Waals surface area contributed by atoms with Crippen molar-refractivity contribution in [2.45, 2.75) is 19.9 Å². The summed E-state index contributed by atoms with van der Waals surface area (Å²) in [6.45, 7) is 5.78. The Morgan fingerprint density at radius 3 is 2.92 bits per heavy atom. The van der Waals surface area contributed by atoms with E-state index in [-0.39, 0.29) is 0 Å². The summed E-state index contributed by atoms with van der Waals surface area (Å²) in [5.74, 6) is 0.827. The maximum absolute atomic E-state index is 5.43. The van der Waals surface area contributed by atoms with E-state index in [4.69, 9.17) is 4.74 Å². The maximum atomic E-state index is 5.43. The van der Waals surface area contributed by atoms with E-state index in [0.717, 1.165) is 12.3 Å². The average Bonchev–Trinajstić information content (AvgIpc) is 2.45. The predicted octanol–water partition coefficient (Wildman–Crippen LogP) is 0.797. The van der Waals surface area contributed by atoms with Crippen LogP contribution in [-0.2, 0) is 7.05 Å². The highest BCUT2D eigenvalue weighted by Crippen LogP contribution is 2.05. The van der Waals surface area contributed by atoms with Crippen LogP contribution in [0.1, 0.15) is 13.8 Å². The lowest BCUT2D eigenvalue weighted by molar-refractivity contribution is 0.308. The van der Waals surface area contributed by atoms with E-state index < -0.39 is 0 Å². The van der Waals surface area contributed by atoms with Gasteiger partial charge in [0.05, 0.1) is 12.4 Å². The molecule has 0 aliphatic rings. The molecule has 0 bridgehead atoms. The summed E-state index contributed by atoms with van der Waals surface area (Å²) in [7, 11) is 1.87. The molecule has 0 fully saturated rings. The molecule has 4 heteroatoms. The minimum Gasteiger partial charge on any atom is -0.489 e. The molecule has 0 saturated carbocycles. The van der Waals surface area contributed by atoms with Crippen molar-refractivity contribution >= 4 is 0 Å². The van der Waals surface area contributed by atoms with Crippen molar-refractivity contribution in [2.75, 3.05) is 13.2 Å². The van der Waals surface area contributed by atoms with Crippen molar-refractivity contribution in [2.24, 2.45) is 7.05 Å². The summed E-state index contributed by atoms with van der Waals surface area (Å²) in [5.41, 5.74) is 0. The highest BCUT2D eigenvalue weighted by atomic mass is 16.5. The summed E-state index contributed by atoms with van der Waals surface area (Å²) in [6.07, 6.45) is 3.57. The Kier molecular flexibility index (Phi) is 3.76. The zero-order valence-electron chi connectivity index (χ0n) is 8.45.